The molecule has 0 aliphatic carbocycles. The lowest BCUT2D eigenvalue weighted by Gasteiger charge is -2.23. The Morgan fingerprint density at radius 2 is 2.06 bits per heavy atom. The van der Waals surface area contributed by atoms with E-state index in [1.165, 1.54) is 6.33 Å². The van der Waals surface area contributed by atoms with Crippen LogP contribution < -0.4 is 5.73 Å². The maximum atomic E-state index is 12.3. The van der Waals surface area contributed by atoms with E-state index in [1.807, 2.05) is 30.3 Å². The van der Waals surface area contributed by atoms with Crippen LogP contribution in [-0.2, 0) is 23.8 Å². The zero-order valence-corrected chi connectivity index (χ0v) is 10.5. The summed E-state index contributed by atoms with van der Waals surface area (Å²) in [6.45, 7) is 1.72. The molecule has 0 saturated carbocycles. The van der Waals surface area contributed by atoms with Gasteiger partial charge in [-0.1, -0.05) is 30.3 Å². The van der Waals surface area contributed by atoms with E-state index >= 15 is 0 Å². The minimum Gasteiger partial charge on any atom is -0.315 e. The predicted molar refractivity (Wildman–Crippen MR) is 67.7 cm³/mol. The SMILES string of the molecule is Cn1ncnc1CC(=O)C(C)(N)c1ccccc1. The van der Waals surface area contributed by atoms with E-state index in [2.05, 4.69) is 10.1 Å². The van der Waals surface area contributed by atoms with Crippen LogP contribution in [0.4, 0.5) is 0 Å². The number of nitrogens with zero attached hydrogens (tertiary/aromatic N) is 3. The molecule has 1 unspecified atom stereocenters. The van der Waals surface area contributed by atoms with E-state index in [0.717, 1.165) is 5.56 Å². The molecule has 1 heterocycles. The second-order valence-electron chi connectivity index (χ2n) is 4.47. The second kappa shape index (κ2) is 4.70. The highest BCUT2D eigenvalue weighted by molar-refractivity contribution is 5.90. The van der Waals surface area contributed by atoms with E-state index in [4.69, 9.17) is 5.73 Å². The molecule has 0 aliphatic heterocycles. The first-order valence-corrected chi connectivity index (χ1v) is 5.72. The summed E-state index contributed by atoms with van der Waals surface area (Å²) in [5.41, 5.74) is 5.94. The van der Waals surface area contributed by atoms with Gasteiger partial charge in [0.2, 0.25) is 0 Å². The number of carbonyl (C=O) groups excluding carboxylic acids is 1. The summed E-state index contributed by atoms with van der Waals surface area (Å²) >= 11 is 0. The van der Waals surface area contributed by atoms with Crippen molar-refractivity contribution in [3.8, 4) is 0 Å². The van der Waals surface area contributed by atoms with Crippen LogP contribution in [0.25, 0.3) is 0 Å². The maximum Gasteiger partial charge on any atom is 0.164 e. The molecule has 0 fully saturated rings. The zero-order valence-electron chi connectivity index (χ0n) is 10.5. The van der Waals surface area contributed by atoms with Gasteiger partial charge >= 0.3 is 0 Å². The molecule has 1 aromatic heterocycles. The highest BCUT2D eigenvalue weighted by Crippen LogP contribution is 2.19. The molecular weight excluding hydrogens is 228 g/mol. The number of carbonyl (C=O) groups is 1. The Morgan fingerprint density at radius 1 is 1.39 bits per heavy atom. The van der Waals surface area contributed by atoms with Gasteiger partial charge in [0, 0.05) is 7.05 Å². The topological polar surface area (TPSA) is 73.8 Å². The summed E-state index contributed by atoms with van der Waals surface area (Å²) in [6.07, 6.45) is 1.61. The molecule has 0 saturated heterocycles. The van der Waals surface area contributed by atoms with Gasteiger partial charge < -0.3 is 5.73 Å². The van der Waals surface area contributed by atoms with Crippen LogP contribution in [0.1, 0.15) is 18.3 Å². The fourth-order valence-electron chi connectivity index (χ4n) is 1.75. The van der Waals surface area contributed by atoms with Gasteiger partial charge in [0.1, 0.15) is 12.2 Å². The summed E-state index contributed by atoms with van der Waals surface area (Å²) in [4.78, 5) is 16.3. The van der Waals surface area contributed by atoms with Crippen LogP contribution in [0.5, 0.6) is 0 Å². The Kier molecular flexibility index (Phi) is 3.25. The van der Waals surface area contributed by atoms with Crippen molar-refractivity contribution in [2.45, 2.75) is 18.9 Å². The lowest BCUT2D eigenvalue weighted by Crippen LogP contribution is -2.43. The number of Topliss-reactive ketones (excluding diaryl/α,β-unsaturated/α-hetero) is 1. The highest BCUT2D eigenvalue weighted by Gasteiger charge is 2.30. The molecule has 0 amide bonds. The van der Waals surface area contributed by atoms with Gasteiger partial charge in [-0.3, -0.25) is 9.48 Å². The fourth-order valence-corrected chi connectivity index (χ4v) is 1.75. The van der Waals surface area contributed by atoms with Crippen molar-refractivity contribution in [2.75, 3.05) is 0 Å². The Labute approximate surface area is 106 Å². The lowest BCUT2D eigenvalue weighted by molar-refractivity contribution is -0.123. The lowest BCUT2D eigenvalue weighted by atomic mass is 9.87. The molecule has 5 heteroatoms. The van der Waals surface area contributed by atoms with E-state index in [0.29, 0.717) is 5.82 Å². The number of aromatic nitrogens is 3. The highest BCUT2D eigenvalue weighted by atomic mass is 16.1. The van der Waals surface area contributed by atoms with E-state index < -0.39 is 5.54 Å². The molecule has 2 N–H and O–H groups in total. The van der Waals surface area contributed by atoms with Crippen molar-refractivity contribution in [2.24, 2.45) is 12.8 Å². The van der Waals surface area contributed by atoms with Crippen molar-refractivity contribution in [3.05, 3.63) is 48.0 Å². The van der Waals surface area contributed by atoms with Crippen molar-refractivity contribution in [1.82, 2.24) is 14.8 Å². The molecule has 5 nitrogen and oxygen atoms in total. The van der Waals surface area contributed by atoms with Crippen molar-refractivity contribution < 1.29 is 4.79 Å². The number of benzene rings is 1. The van der Waals surface area contributed by atoms with Crippen LogP contribution in [0, 0.1) is 0 Å². The van der Waals surface area contributed by atoms with E-state index in [1.54, 1.807) is 18.7 Å². The van der Waals surface area contributed by atoms with Gasteiger partial charge in [0.15, 0.2) is 5.78 Å². The van der Waals surface area contributed by atoms with Crippen molar-refractivity contribution in [1.29, 1.82) is 0 Å². The predicted octanol–water partition coefficient (Wildman–Crippen LogP) is 0.801. The molecule has 0 aliphatic rings. The number of nitrogens with two attached hydrogens (primary N) is 1. The number of aryl methyl sites for hydroxylation is 1. The summed E-state index contributed by atoms with van der Waals surface area (Å²) in [5.74, 6) is 0.539. The molecular formula is C13H16N4O. The van der Waals surface area contributed by atoms with Crippen LogP contribution in [-0.4, -0.2) is 20.5 Å². The van der Waals surface area contributed by atoms with Crippen LogP contribution in [0.3, 0.4) is 0 Å². The summed E-state index contributed by atoms with van der Waals surface area (Å²) in [6, 6.07) is 9.35. The van der Waals surface area contributed by atoms with Gasteiger partial charge in [-0.25, -0.2) is 4.98 Å². The first-order valence-electron chi connectivity index (χ1n) is 5.72. The zero-order chi connectivity index (χ0) is 13.2. The Hall–Kier alpha value is -2.01. The van der Waals surface area contributed by atoms with E-state index in [9.17, 15) is 4.79 Å². The molecule has 2 rings (SSSR count). The summed E-state index contributed by atoms with van der Waals surface area (Å²) in [5, 5.41) is 3.94. The molecule has 94 valence electrons. The van der Waals surface area contributed by atoms with Gasteiger partial charge in [0.25, 0.3) is 0 Å². The van der Waals surface area contributed by atoms with Gasteiger partial charge in [-0.15, -0.1) is 0 Å². The van der Waals surface area contributed by atoms with Crippen LogP contribution in [0.15, 0.2) is 36.7 Å². The van der Waals surface area contributed by atoms with Crippen LogP contribution in [0.2, 0.25) is 0 Å². The first-order chi connectivity index (χ1) is 8.51. The number of rotatable bonds is 4. The minimum atomic E-state index is -1.01. The summed E-state index contributed by atoms with van der Waals surface area (Å²) in [7, 11) is 1.76. The third-order valence-electron chi connectivity index (χ3n) is 3.08. The molecule has 1 atom stereocenters. The Bertz CT molecular complexity index is 545. The van der Waals surface area contributed by atoms with Gasteiger partial charge in [-0.2, -0.15) is 5.10 Å². The second-order valence-corrected chi connectivity index (χ2v) is 4.47. The largest absolute Gasteiger partial charge is 0.315 e. The molecule has 0 spiro atoms. The third-order valence-corrected chi connectivity index (χ3v) is 3.08. The standard InChI is InChI=1S/C13H16N4O/c1-13(14,10-6-4-3-5-7-10)11(18)8-12-15-9-16-17(12)2/h3-7,9H,8,14H2,1-2H3. The summed E-state index contributed by atoms with van der Waals surface area (Å²) < 4.78 is 1.58. The Balaban J connectivity index is 2.21. The molecule has 0 bridgehead atoms. The number of ketones is 1. The smallest absolute Gasteiger partial charge is 0.164 e. The monoisotopic (exact) mass is 244 g/mol. The van der Waals surface area contributed by atoms with Crippen LogP contribution >= 0.6 is 0 Å². The maximum absolute atomic E-state index is 12.3. The average Bonchev–Trinajstić information content (AvgIpc) is 2.76. The number of hydrogen-bond acceptors (Lipinski definition) is 4. The molecule has 2 aromatic rings. The first kappa shape index (κ1) is 12.4. The fraction of sp³-hybridized carbons (Fsp3) is 0.308. The normalized spacial score (nSPS) is 14.2. The third kappa shape index (κ3) is 2.31. The van der Waals surface area contributed by atoms with Gasteiger partial charge in [-0.05, 0) is 12.5 Å². The molecule has 18 heavy (non-hydrogen) atoms. The Morgan fingerprint density at radius 3 is 2.61 bits per heavy atom. The van der Waals surface area contributed by atoms with E-state index in [-0.39, 0.29) is 12.2 Å². The van der Waals surface area contributed by atoms with Gasteiger partial charge in [0.05, 0.1) is 12.0 Å². The average molecular weight is 244 g/mol. The molecule has 1 aromatic carbocycles. The van der Waals surface area contributed by atoms with Crippen molar-refractivity contribution >= 4 is 5.78 Å². The molecule has 0 radical (unpaired) electrons. The minimum absolute atomic E-state index is 0.0789. The number of hydrogen-bond donors (Lipinski definition) is 1. The quantitative estimate of drug-likeness (QED) is 0.863. The van der Waals surface area contributed by atoms with Crippen molar-refractivity contribution in [3.63, 3.8) is 0 Å².